The Hall–Kier alpha value is -2.71. The van der Waals surface area contributed by atoms with Crippen LogP contribution in [0.5, 0.6) is 0 Å². The van der Waals surface area contributed by atoms with Gasteiger partial charge in [0.2, 0.25) is 0 Å². The van der Waals surface area contributed by atoms with Crippen molar-refractivity contribution in [3.63, 3.8) is 0 Å². The molecule has 0 saturated heterocycles. The highest BCUT2D eigenvalue weighted by Gasteiger charge is 2.33. The van der Waals surface area contributed by atoms with Gasteiger partial charge in [-0.15, -0.1) is 11.3 Å². The number of anilines is 1. The summed E-state index contributed by atoms with van der Waals surface area (Å²) in [5.41, 5.74) is 8.00. The second-order valence-electron chi connectivity index (χ2n) is 8.93. The number of furan rings is 1. The number of hydrogen-bond acceptors (Lipinski definition) is 5. The molecule has 0 saturated carbocycles. The zero-order chi connectivity index (χ0) is 22.3. The molecule has 2 heterocycles. The highest BCUT2D eigenvalue weighted by Crippen LogP contribution is 2.44. The van der Waals surface area contributed by atoms with E-state index in [1.165, 1.54) is 11.3 Å². The van der Waals surface area contributed by atoms with E-state index >= 15 is 0 Å². The maximum atomic E-state index is 12.6. The van der Waals surface area contributed by atoms with E-state index in [1.807, 2.05) is 18.2 Å². The Kier molecular flexibility index (Phi) is 5.61. The predicted octanol–water partition coefficient (Wildman–Crippen LogP) is 4.87. The molecule has 0 spiro atoms. The number of carbonyl (C=O) groups excluding carboxylic acids is 2. The zero-order valence-corrected chi connectivity index (χ0v) is 19.3. The summed E-state index contributed by atoms with van der Waals surface area (Å²) < 4.78 is 5.58. The molecule has 4 rings (SSSR count). The number of nitrogens with one attached hydrogen (secondary N) is 2. The van der Waals surface area contributed by atoms with E-state index in [0.717, 1.165) is 35.1 Å². The lowest BCUT2D eigenvalue weighted by Crippen LogP contribution is -2.34. The van der Waals surface area contributed by atoms with E-state index in [2.05, 4.69) is 31.4 Å². The van der Waals surface area contributed by atoms with E-state index in [9.17, 15) is 9.59 Å². The molecule has 4 N–H and O–H groups in total. The average molecular weight is 456 g/mol. The van der Waals surface area contributed by atoms with Crippen LogP contribution in [0.1, 0.15) is 58.5 Å². The van der Waals surface area contributed by atoms with Crippen molar-refractivity contribution in [3.05, 3.63) is 52.1 Å². The van der Waals surface area contributed by atoms with Crippen LogP contribution in [0.15, 0.2) is 34.7 Å². The SMILES string of the molecule is CC(C)(C)C1CCc2c(sc(NC(=S)NC(=O)c3cc4ccccc4o3)c2C(N)=O)C1. The van der Waals surface area contributed by atoms with Gasteiger partial charge >= 0.3 is 0 Å². The molecule has 1 aliphatic rings. The summed E-state index contributed by atoms with van der Waals surface area (Å²) in [4.78, 5) is 25.9. The molecule has 1 unspecified atom stereocenters. The van der Waals surface area contributed by atoms with Gasteiger partial charge in [0.05, 0.1) is 5.56 Å². The second-order valence-corrected chi connectivity index (χ2v) is 10.4. The third-order valence-electron chi connectivity index (χ3n) is 5.84. The molecule has 31 heavy (non-hydrogen) atoms. The van der Waals surface area contributed by atoms with Gasteiger partial charge < -0.3 is 15.5 Å². The molecule has 2 amide bonds. The van der Waals surface area contributed by atoms with Crippen molar-refractivity contribution in [3.8, 4) is 0 Å². The van der Waals surface area contributed by atoms with Crippen LogP contribution in [0.2, 0.25) is 0 Å². The molecule has 0 fully saturated rings. The molecule has 0 aliphatic heterocycles. The van der Waals surface area contributed by atoms with Gasteiger partial charge in [-0.05, 0) is 60.5 Å². The molecule has 0 bridgehead atoms. The van der Waals surface area contributed by atoms with Crippen LogP contribution in [-0.2, 0) is 12.8 Å². The summed E-state index contributed by atoms with van der Waals surface area (Å²) in [7, 11) is 0. The molecule has 1 atom stereocenters. The number of carbonyl (C=O) groups is 2. The van der Waals surface area contributed by atoms with Gasteiger partial charge in [-0.1, -0.05) is 39.0 Å². The van der Waals surface area contributed by atoms with Gasteiger partial charge in [-0.25, -0.2) is 0 Å². The maximum Gasteiger partial charge on any atom is 0.293 e. The van der Waals surface area contributed by atoms with Crippen LogP contribution >= 0.6 is 23.6 Å². The first-order valence-electron chi connectivity index (χ1n) is 10.2. The van der Waals surface area contributed by atoms with E-state index < -0.39 is 11.8 Å². The van der Waals surface area contributed by atoms with E-state index in [-0.39, 0.29) is 16.3 Å². The lowest BCUT2D eigenvalue weighted by Gasteiger charge is -2.33. The standard InChI is InChI=1S/C23H25N3O3S2/c1-23(2,3)13-8-9-14-17(11-13)31-21(18(14)19(24)27)26-22(30)25-20(28)16-10-12-6-4-5-7-15(12)29-16/h4-7,10,13H,8-9,11H2,1-3H3,(H2,24,27)(H2,25,26,28,30). The van der Waals surface area contributed by atoms with Crippen LogP contribution in [0.4, 0.5) is 5.00 Å². The van der Waals surface area contributed by atoms with Crippen LogP contribution in [-0.4, -0.2) is 16.9 Å². The van der Waals surface area contributed by atoms with E-state index in [4.69, 9.17) is 22.4 Å². The Balaban J connectivity index is 1.52. The third-order valence-corrected chi connectivity index (χ3v) is 7.21. The van der Waals surface area contributed by atoms with Crippen molar-refractivity contribution in [1.29, 1.82) is 0 Å². The number of fused-ring (bicyclic) bond motifs is 2. The van der Waals surface area contributed by atoms with Gasteiger partial charge in [-0.3, -0.25) is 14.9 Å². The molecule has 3 aromatic rings. The minimum absolute atomic E-state index is 0.0962. The maximum absolute atomic E-state index is 12.6. The van der Waals surface area contributed by atoms with Gasteiger partial charge in [0.25, 0.3) is 11.8 Å². The van der Waals surface area contributed by atoms with Crippen LogP contribution in [0.25, 0.3) is 11.0 Å². The molecular weight excluding hydrogens is 430 g/mol. The molecule has 1 aromatic carbocycles. The van der Waals surface area contributed by atoms with Gasteiger partial charge in [-0.2, -0.15) is 0 Å². The molecule has 162 valence electrons. The van der Waals surface area contributed by atoms with Crippen molar-refractivity contribution < 1.29 is 14.0 Å². The highest BCUT2D eigenvalue weighted by atomic mass is 32.1. The van der Waals surface area contributed by atoms with Crippen molar-refractivity contribution >= 4 is 56.5 Å². The van der Waals surface area contributed by atoms with Crippen molar-refractivity contribution in [1.82, 2.24) is 5.32 Å². The number of amides is 2. The first-order chi connectivity index (χ1) is 14.6. The molecular formula is C23H25N3O3S2. The average Bonchev–Trinajstić information content (AvgIpc) is 3.27. The summed E-state index contributed by atoms with van der Waals surface area (Å²) in [5.74, 6) is -0.241. The Morgan fingerprint density at radius 2 is 2.00 bits per heavy atom. The van der Waals surface area contributed by atoms with Crippen LogP contribution < -0.4 is 16.4 Å². The lowest BCUT2D eigenvalue weighted by molar-refractivity contribution is 0.0951. The highest BCUT2D eigenvalue weighted by molar-refractivity contribution is 7.80. The number of para-hydroxylation sites is 1. The number of hydrogen-bond donors (Lipinski definition) is 3. The quantitative estimate of drug-likeness (QED) is 0.490. The monoisotopic (exact) mass is 455 g/mol. The predicted molar refractivity (Wildman–Crippen MR) is 128 cm³/mol. The number of thiophene rings is 1. The minimum atomic E-state index is -0.486. The van der Waals surface area contributed by atoms with Gasteiger partial charge in [0.1, 0.15) is 10.6 Å². The first kappa shape index (κ1) is 21.5. The lowest BCUT2D eigenvalue weighted by atomic mass is 9.72. The van der Waals surface area contributed by atoms with Crippen LogP contribution in [0, 0.1) is 11.3 Å². The van der Waals surface area contributed by atoms with Gasteiger partial charge in [0.15, 0.2) is 10.9 Å². The molecule has 8 heteroatoms. The molecule has 6 nitrogen and oxygen atoms in total. The number of primary amides is 1. The topological polar surface area (TPSA) is 97.4 Å². The Morgan fingerprint density at radius 3 is 2.68 bits per heavy atom. The van der Waals surface area contributed by atoms with Crippen LogP contribution in [0.3, 0.4) is 0 Å². The van der Waals surface area contributed by atoms with Crippen molar-refractivity contribution in [2.45, 2.75) is 40.0 Å². The fourth-order valence-corrected chi connectivity index (χ4v) is 5.66. The second kappa shape index (κ2) is 8.09. The minimum Gasteiger partial charge on any atom is -0.451 e. The summed E-state index contributed by atoms with van der Waals surface area (Å²) >= 11 is 6.82. The largest absolute Gasteiger partial charge is 0.451 e. The molecule has 2 aromatic heterocycles. The number of rotatable bonds is 3. The fraction of sp³-hybridized carbons (Fsp3) is 0.348. The number of benzene rings is 1. The third kappa shape index (κ3) is 4.36. The summed E-state index contributed by atoms with van der Waals surface area (Å²) in [6.07, 6.45) is 2.73. The Morgan fingerprint density at radius 1 is 1.26 bits per heavy atom. The number of thiocarbonyl (C=S) groups is 1. The summed E-state index contributed by atoms with van der Waals surface area (Å²) in [6.45, 7) is 6.73. The van der Waals surface area contributed by atoms with E-state index in [1.54, 1.807) is 12.1 Å². The van der Waals surface area contributed by atoms with Crippen molar-refractivity contribution in [2.75, 3.05) is 5.32 Å². The number of nitrogens with two attached hydrogens (primary N) is 1. The van der Waals surface area contributed by atoms with E-state index in [0.29, 0.717) is 22.1 Å². The summed E-state index contributed by atoms with van der Waals surface area (Å²) in [5, 5.41) is 7.16. The Bertz CT molecular complexity index is 1150. The normalized spacial score (nSPS) is 16.0. The first-order valence-corrected chi connectivity index (χ1v) is 11.4. The van der Waals surface area contributed by atoms with Gasteiger partial charge in [0, 0.05) is 10.3 Å². The zero-order valence-electron chi connectivity index (χ0n) is 17.7. The molecule has 1 aliphatic carbocycles. The molecule has 0 radical (unpaired) electrons. The fourth-order valence-electron chi connectivity index (χ4n) is 4.07. The Labute approximate surface area is 190 Å². The summed E-state index contributed by atoms with van der Waals surface area (Å²) in [6, 6.07) is 9.04. The smallest absolute Gasteiger partial charge is 0.293 e. The van der Waals surface area contributed by atoms with Crippen molar-refractivity contribution in [2.24, 2.45) is 17.1 Å².